The lowest BCUT2D eigenvalue weighted by atomic mass is 10.2. The summed E-state index contributed by atoms with van der Waals surface area (Å²) in [5.74, 6) is 0.942. The van der Waals surface area contributed by atoms with Crippen LogP contribution in [0.4, 0.5) is 17.8 Å². The second-order valence-electron chi connectivity index (χ2n) is 6.25. The summed E-state index contributed by atoms with van der Waals surface area (Å²) in [5, 5.41) is 26.7. The zero-order chi connectivity index (χ0) is 20.8. The second kappa shape index (κ2) is 9.20. The normalized spacial score (nSPS) is 10.9. The summed E-state index contributed by atoms with van der Waals surface area (Å²) in [7, 11) is 3.66. The minimum atomic E-state index is -0.105. The molecule has 0 spiro atoms. The Morgan fingerprint density at radius 3 is 2.48 bits per heavy atom. The average molecular weight is 458 g/mol. The van der Waals surface area contributed by atoms with Crippen molar-refractivity contribution in [2.75, 3.05) is 29.7 Å². The van der Waals surface area contributed by atoms with Crippen LogP contribution in [0.15, 0.2) is 52.0 Å². The molecule has 3 rings (SSSR count). The van der Waals surface area contributed by atoms with E-state index in [9.17, 15) is 10.2 Å². The molecule has 3 aromatic rings. The first kappa shape index (κ1) is 20.3. The van der Waals surface area contributed by atoms with Crippen LogP contribution in [0.2, 0.25) is 0 Å². The zero-order valence-electron chi connectivity index (χ0n) is 15.8. The number of phenolic OH excluding ortho intramolecular Hbond substituents is 2. The maximum Gasteiger partial charge on any atom is 0.250 e. The largest absolute Gasteiger partial charge is 0.507 e. The highest BCUT2D eigenvalue weighted by molar-refractivity contribution is 9.10. The fourth-order valence-electron chi connectivity index (χ4n) is 2.30. The SMILES string of the molecule is CN(C)c1nc(NCc2ccccc2)nc(N/N=C/c2cc(Br)c(O)cc2O)n1. The van der Waals surface area contributed by atoms with Crippen molar-refractivity contribution in [3.05, 3.63) is 58.1 Å². The van der Waals surface area contributed by atoms with Crippen LogP contribution in [0.1, 0.15) is 11.1 Å². The van der Waals surface area contributed by atoms with Gasteiger partial charge in [-0.05, 0) is 27.6 Å². The van der Waals surface area contributed by atoms with Gasteiger partial charge >= 0.3 is 0 Å². The van der Waals surface area contributed by atoms with Crippen molar-refractivity contribution in [1.82, 2.24) is 15.0 Å². The average Bonchev–Trinajstić information content (AvgIpc) is 2.71. The summed E-state index contributed by atoms with van der Waals surface area (Å²) >= 11 is 3.20. The molecule has 4 N–H and O–H groups in total. The Balaban J connectivity index is 1.76. The fraction of sp³-hybridized carbons (Fsp3) is 0.158. The first-order chi connectivity index (χ1) is 13.9. The Morgan fingerprint density at radius 1 is 1.03 bits per heavy atom. The zero-order valence-corrected chi connectivity index (χ0v) is 17.4. The van der Waals surface area contributed by atoms with Gasteiger partial charge in [-0.1, -0.05) is 30.3 Å². The summed E-state index contributed by atoms with van der Waals surface area (Å²) in [6, 6.07) is 12.7. The Hall–Kier alpha value is -3.40. The summed E-state index contributed by atoms with van der Waals surface area (Å²) in [6.45, 7) is 0.565. The predicted molar refractivity (Wildman–Crippen MR) is 117 cm³/mol. The van der Waals surface area contributed by atoms with Crippen molar-refractivity contribution < 1.29 is 10.2 Å². The van der Waals surface area contributed by atoms with Gasteiger partial charge in [0.2, 0.25) is 17.8 Å². The number of hydrogen-bond acceptors (Lipinski definition) is 9. The van der Waals surface area contributed by atoms with Gasteiger partial charge in [0.05, 0.1) is 10.7 Å². The standard InChI is InChI=1S/C19H20BrN7O2/c1-27(2)19-24-17(21-10-12-6-4-3-5-7-12)23-18(25-19)26-22-11-13-8-14(20)16(29)9-15(13)28/h3-9,11,28-29H,10H2,1-2H3,(H2,21,23,24,25,26)/b22-11+. The first-order valence-corrected chi connectivity index (χ1v) is 9.43. The van der Waals surface area contributed by atoms with Gasteiger partial charge in [-0.3, -0.25) is 0 Å². The predicted octanol–water partition coefficient (Wildman–Crippen LogP) is 3.17. The Kier molecular flexibility index (Phi) is 6.45. The molecule has 0 aliphatic carbocycles. The number of aromatic nitrogens is 3. The van der Waals surface area contributed by atoms with E-state index in [0.29, 0.717) is 28.5 Å². The molecule has 10 heteroatoms. The Labute approximate surface area is 176 Å². The van der Waals surface area contributed by atoms with E-state index in [4.69, 9.17) is 0 Å². The van der Waals surface area contributed by atoms with E-state index in [-0.39, 0.29) is 17.4 Å². The Morgan fingerprint density at radius 2 is 1.76 bits per heavy atom. The van der Waals surface area contributed by atoms with Crippen LogP contribution >= 0.6 is 15.9 Å². The smallest absolute Gasteiger partial charge is 0.250 e. The molecule has 0 fully saturated rings. The molecular formula is C19H20BrN7O2. The summed E-state index contributed by atoms with van der Waals surface area (Å²) in [4.78, 5) is 14.8. The molecule has 0 radical (unpaired) electrons. The molecule has 2 aromatic carbocycles. The van der Waals surface area contributed by atoms with Gasteiger partial charge < -0.3 is 20.4 Å². The number of phenols is 2. The molecule has 9 nitrogen and oxygen atoms in total. The van der Waals surface area contributed by atoms with E-state index in [2.05, 4.69) is 46.7 Å². The molecule has 0 aliphatic rings. The van der Waals surface area contributed by atoms with Crippen LogP contribution in [-0.2, 0) is 6.54 Å². The van der Waals surface area contributed by atoms with Crippen molar-refractivity contribution in [3.63, 3.8) is 0 Å². The molecule has 0 unspecified atom stereocenters. The third kappa shape index (κ3) is 5.55. The molecule has 150 valence electrons. The van der Waals surface area contributed by atoms with E-state index in [1.54, 1.807) is 11.0 Å². The summed E-state index contributed by atoms with van der Waals surface area (Å²) in [5.41, 5.74) is 4.25. The maximum atomic E-state index is 9.89. The van der Waals surface area contributed by atoms with Gasteiger partial charge in [-0.25, -0.2) is 5.43 Å². The van der Waals surface area contributed by atoms with Gasteiger partial charge in [-0.15, -0.1) is 0 Å². The number of hydrogen-bond donors (Lipinski definition) is 4. The van der Waals surface area contributed by atoms with Crippen molar-refractivity contribution in [2.24, 2.45) is 5.10 Å². The van der Waals surface area contributed by atoms with Gasteiger partial charge in [0.25, 0.3) is 0 Å². The molecule has 0 amide bonds. The number of hydrazone groups is 1. The highest BCUT2D eigenvalue weighted by Gasteiger charge is 2.08. The van der Waals surface area contributed by atoms with Crippen LogP contribution in [0, 0.1) is 0 Å². The number of benzene rings is 2. The van der Waals surface area contributed by atoms with Crippen LogP contribution in [-0.4, -0.2) is 45.5 Å². The maximum absolute atomic E-state index is 9.89. The molecule has 0 saturated heterocycles. The third-order valence-electron chi connectivity index (χ3n) is 3.78. The van der Waals surface area contributed by atoms with Crippen molar-refractivity contribution in [2.45, 2.75) is 6.54 Å². The van der Waals surface area contributed by atoms with Gasteiger partial charge in [0.1, 0.15) is 11.5 Å². The molecule has 29 heavy (non-hydrogen) atoms. The minimum Gasteiger partial charge on any atom is -0.507 e. The number of halogens is 1. The van der Waals surface area contributed by atoms with Crippen molar-refractivity contribution >= 4 is 40.0 Å². The third-order valence-corrected chi connectivity index (χ3v) is 4.42. The fourth-order valence-corrected chi connectivity index (χ4v) is 2.66. The number of rotatable bonds is 7. The minimum absolute atomic E-state index is 0.0603. The highest BCUT2D eigenvalue weighted by atomic mass is 79.9. The van der Waals surface area contributed by atoms with E-state index in [0.717, 1.165) is 5.56 Å². The topological polar surface area (TPSA) is 119 Å². The lowest BCUT2D eigenvalue weighted by Crippen LogP contribution is -2.16. The van der Waals surface area contributed by atoms with Gasteiger partial charge in [0, 0.05) is 32.3 Å². The quantitative estimate of drug-likeness (QED) is 0.315. The lowest BCUT2D eigenvalue weighted by molar-refractivity contribution is 0.448. The van der Waals surface area contributed by atoms with E-state index in [1.807, 2.05) is 44.4 Å². The highest BCUT2D eigenvalue weighted by Crippen LogP contribution is 2.30. The van der Waals surface area contributed by atoms with E-state index < -0.39 is 0 Å². The van der Waals surface area contributed by atoms with Crippen LogP contribution in [0.25, 0.3) is 0 Å². The Bertz CT molecular complexity index is 1010. The molecule has 0 aliphatic heterocycles. The lowest BCUT2D eigenvalue weighted by Gasteiger charge is -2.13. The summed E-state index contributed by atoms with van der Waals surface area (Å²) in [6.07, 6.45) is 1.40. The van der Waals surface area contributed by atoms with Crippen LogP contribution < -0.4 is 15.6 Å². The molecule has 0 saturated carbocycles. The monoisotopic (exact) mass is 457 g/mol. The van der Waals surface area contributed by atoms with Crippen molar-refractivity contribution in [3.8, 4) is 11.5 Å². The number of aromatic hydroxyl groups is 2. The van der Waals surface area contributed by atoms with E-state index >= 15 is 0 Å². The number of nitrogens with zero attached hydrogens (tertiary/aromatic N) is 5. The number of nitrogens with one attached hydrogen (secondary N) is 2. The second-order valence-corrected chi connectivity index (χ2v) is 7.10. The molecule has 0 atom stereocenters. The molecule has 1 aromatic heterocycles. The van der Waals surface area contributed by atoms with Gasteiger partial charge in [-0.2, -0.15) is 20.1 Å². The van der Waals surface area contributed by atoms with Gasteiger partial charge in [0.15, 0.2) is 0 Å². The molecule has 1 heterocycles. The first-order valence-electron chi connectivity index (χ1n) is 8.64. The van der Waals surface area contributed by atoms with E-state index in [1.165, 1.54) is 12.3 Å². The van der Waals surface area contributed by atoms with Crippen LogP contribution in [0.3, 0.4) is 0 Å². The van der Waals surface area contributed by atoms with Crippen LogP contribution in [0.5, 0.6) is 11.5 Å². The molecular weight excluding hydrogens is 438 g/mol. The summed E-state index contributed by atoms with van der Waals surface area (Å²) < 4.78 is 0.444. The number of anilines is 3. The van der Waals surface area contributed by atoms with Crippen molar-refractivity contribution in [1.29, 1.82) is 0 Å². The molecule has 0 bridgehead atoms.